The Balaban J connectivity index is 1.32. The van der Waals surface area contributed by atoms with Crippen LogP contribution in [0.3, 0.4) is 0 Å². The zero-order valence-electron chi connectivity index (χ0n) is 31.0. The van der Waals surface area contributed by atoms with Crippen LogP contribution < -0.4 is 14.7 Å². The lowest BCUT2D eigenvalue weighted by atomic mass is 9.81. The number of pyridine rings is 1. The highest BCUT2D eigenvalue weighted by atomic mass is 16.5. The summed E-state index contributed by atoms with van der Waals surface area (Å²) in [5.41, 5.74) is 7.30. The molecule has 0 radical (unpaired) electrons. The van der Waals surface area contributed by atoms with E-state index in [4.69, 9.17) is 14.7 Å². The first-order chi connectivity index (χ1) is 23.7. The Morgan fingerprint density at radius 2 is 1.62 bits per heavy atom. The van der Waals surface area contributed by atoms with Crippen LogP contribution in [-0.2, 0) is 22.5 Å². The first-order valence-corrected chi connectivity index (χ1v) is 18.3. The molecule has 0 unspecified atom stereocenters. The summed E-state index contributed by atoms with van der Waals surface area (Å²) in [6.07, 6.45) is 6.29. The molecule has 0 saturated carbocycles. The van der Waals surface area contributed by atoms with Crippen molar-refractivity contribution in [1.29, 1.82) is 0 Å². The molecular weight excluding hydrogens is 630 g/mol. The predicted octanol–water partition coefficient (Wildman–Crippen LogP) is 6.28. The number of piperidine rings is 2. The molecule has 2 N–H and O–H groups in total. The van der Waals surface area contributed by atoms with Gasteiger partial charge in [0.1, 0.15) is 6.33 Å². The lowest BCUT2D eigenvalue weighted by Crippen LogP contribution is -2.39. The van der Waals surface area contributed by atoms with Crippen molar-refractivity contribution >= 4 is 23.6 Å². The van der Waals surface area contributed by atoms with Gasteiger partial charge in [0, 0.05) is 68.4 Å². The van der Waals surface area contributed by atoms with Crippen molar-refractivity contribution < 1.29 is 19.7 Å². The van der Waals surface area contributed by atoms with Gasteiger partial charge < -0.3 is 29.6 Å². The number of aromatic nitrogens is 4. The molecule has 3 aromatic rings. The average Bonchev–Trinajstić information content (AvgIpc) is 3.07. The number of rotatable bonds is 9. The maximum atomic E-state index is 12.9. The number of benzene rings is 1. The van der Waals surface area contributed by atoms with Crippen molar-refractivity contribution in [2.45, 2.75) is 105 Å². The largest absolute Gasteiger partial charge is 0.479 e. The molecule has 11 heteroatoms. The smallest absolute Gasteiger partial charge is 0.337 e. The van der Waals surface area contributed by atoms with Crippen LogP contribution in [-0.4, -0.2) is 81.0 Å². The van der Waals surface area contributed by atoms with Crippen LogP contribution in [0.1, 0.15) is 101 Å². The molecule has 1 atom stereocenters. The summed E-state index contributed by atoms with van der Waals surface area (Å²) < 4.78 is 6.28. The number of aliphatic carboxylic acids is 1. The van der Waals surface area contributed by atoms with Crippen LogP contribution in [0.2, 0.25) is 0 Å². The Hall–Kier alpha value is -3.83. The predicted molar refractivity (Wildman–Crippen MR) is 197 cm³/mol. The normalized spacial score (nSPS) is 19.0. The number of anilines is 3. The Morgan fingerprint density at radius 1 is 0.940 bits per heavy atom. The van der Waals surface area contributed by atoms with Gasteiger partial charge in [-0.25, -0.2) is 14.8 Å². The monoisotopic (exact) mass is 685 g/mol. The Kier molecular flexibility index (Phi) is 10.4. The highest BCUT2D eigenvalue weighted by molar-refractivity contribution is 5.88. The van der Waals surface area contributed by atoms with E-state index in [9.17, 15) is 15.0 Å². The molecule has 1 aromatic carbocycles. The van der Waals surface area contributed by atoms with Crippen LogP contribution in [0, 0.1) is 25.2 Å². The quantitative estimate of drug-likeness (QED) is 0.264. The van der Waals surface area contributed by atoms with Crippen LogP contribution in [0.4, 0.5) is 17.6 Å². The van der Waals surface area contributed by atoms with Gasteiger partial charge in [-0.05, 0) is 101 Å². The van der Waals surface area contributed by atoms with Crippen molar-refractivity contribution in [2.75, 3.05) is 54.0 Å². The second-order valence-corrected chi connectivity index (χ2v) is 16.2. The zero-order valence-corrected chi connectivity index (χ0v) is 31.0. The number of aliphatic hydroxyl groups is 1. The summed E-state index contributed by atoms with van der Waals surface area (Å²) in [7, 11) is 0. The van der Waals surface area contributed by atoms with Gasteiger partial charge in [0.15, 0.2) is 6.10 Å². The van der Waals surface area contributed by atoms with Crippen molar-refractivity contribution in [3.05, 3.63) is 52.6 Å². The molecule has 2 aromatic heterocycles. The number of ether oxygens (including phenoxy) is 1. The molecule has 6 rings (SSSR count). The van der Waals surface area contributed by atoms with Crippen molar-refractivity contribution in [3.8, 4) is 11.1 Å². The molecule has 5 heterocycles. The first kappa shape index (κ1) is 36.0. The number of carboxylic acid groups (broad SMARTS) is 1. The third-order valence-electron chi connectivity index (χ3n) is 10.7. The molecular formula is C39H55N7O4. The molecule has 0 spiro atoms. The van der Waals surface area contributed by atoms with E-state index >= 15 is 0 Å². The van der Waals surface area contributed by atoms with Gasteiger partial charge in [0.2, 0.25) is 11.9 Å². The van der Waals surface area contributed by atoms with Gasteiger partial charge in [-0.1, -0.05) is 32.0 Å². The van der Waals surface area contributed by atoms with E-state index in [-0.39, 0.29) is 12.0 Å². The third-order valence-corrected chi connectivity index (χ3v) is 10.7. The number of carbonyl (C=O) groups is 1. The number of carboxylic acids is 1. The van der Waals surface area contributed by atoms with Gasteiger partial charge in [0.05, 0.1) is 11.3 Å². The van der Waals surface area contributed by atoms with Crippen LogP contribution in [0.15, 0.2) is 24.5 Å². The van der Waals surface area contributed by atoms with Crippen LogP contribution in [0.5, 0.6) is 0 Å². The highest BCUT2D eigenvalue weighted by Crippen LogP contribution is 2.45. The summed E-state index contributed by atoms with van der Waals surface area (Å²) in [6.45, 7) is 19.5. The standard InChI is InChI=1S/C39H55N7O4/c1-25-31(33(44-19-14-39(6,7)15-20-44)32(26(2)42-25)34(35(48)49)50-38(3,4)5)29-8-9-30-23-46(18-12-28(30)22-29)37-41-24-40-36(43-37)45-16-10-27(11-17-45)13-21-47/h8-9,22,24,27,34,47H,10-21,23H2,1-7H3,(H,48,49)/t34-/m0/s1. The Labute approximate surface area is 297 Å². The molecule has 3 aliphatic heterocycles. The molecule has 11 nitrogen and oxygen atoms in total. The highest BCUT2D eigenvalue weighted by Gasteiger charge is 2.37. The number of aliphatic hydroxyl groups excluding tert-OH is 1. The van der Waals surface area contributed by atoms with Gasteiger partial charge in [0.25, 0.3) is 0 Å². The van der Waals surface area contributed by atoms with Crippen molar-refractivity contribution in [1.82, 2.24) is 19.9 Å². The molecule has 2 saturated heterocycles. The SMILES string of the molecule is Cc1nc(C)c([C@H](OC(C)(C)C)C(=O)O)c(N2CCC(C)(C)CC2)c1-c1ccc2c(c1)CCN(c1ncnc(N3CCC(CCO)CC3)n1)C2. The van der Waals surface area contributed by atoms with E-state index in [1.54, 1.807) is 6.33 Å². The van der Waals surface area contributed by atoms with Crippen molar-refractivity contribution in [2.24, 2.45) is 11.3 Å². The second-order valence-electron chi connectivity index (χ2n) is 16.2. The summed E-state index contributed by atoms with van der Waals surface area (Å²) >= 11 is 0. The Morgan fingerprint density at radius 3 is 2.26 bits per heavy atom. The van der Waals surface area contributed by atoms with E-state index in [0.717, 1.165) is 99.7 Å². The molecule has 0 bridgehead atoms. The number of hydrogen-bond donors (Lipinski definition) is 2. The fourth-order valence-corrected chi connectivity index (χ4v) is 7.82. The van der Waals surface area contributed by atoms with E-state index in [0.29, 0.717) is 29.7 Å². The van der Waals surface area contributed by atoms with E-state index < -0.39 is 17.7 Å². The van der Waals surface area contributed by atoms with Gasteiger partial charge in [-0.15, -0.1) is 0 Å². The topological polar surface area (TPSA) is 128 Å². The number of nitrogens with zero attached hydrogens (tertiary/aromatic N) is 7. The fourth-order valence-electron chi connectivity index (χ4n) is 7.82. The summed E-state index contributed by atoms with van der Waals surface area (Å²) in [5, 5.41) is 19.9. The van der Waals surface area contributed by atoms with Crippen LogP contribution >= 0.6 is 0 Å². The molecule has 0 aliphatic carbocycles. The Bertz CT molecular complexity index is 1690. The molecule has 270 valence electrons. The molecule has 0 amide bonds. The summed E-state index contributed by atoms with van der Waals surface area (Å²) in [5.74, 6) is 0.974. The molecule has 50 heavy (non-hydrogen) atoms. The number of hydrogen-bond acceptors (Lipinski definition) is 10. The van der Waals surface area contributed by atoms with Gasteiger partial charge in [-0.2, -0.15) is 4.98 Å². The van der Waals surface area contributed by atoms with Crippen molar-refractivity contribution in [3.63, 3.8) is 0 Å². The molecule has 3 aliphatic rings. The number of aryl methyl sites for hydroxylation is 2. The van der Waals surface area contributed by atoms with Gasteiger partial charge in [-0.3, -0.25) is 4.98 Å². The zero-order chi connectivity index (χ0) is 35.8. The maximum absolute atomic E-state index is 12.9. The van der Waals surface area contributed by atoms with E-state index in [2.05, 4.69) is 56.7 Å². The summed E-state index contributed by atoms with van der Waals surface area (Å²) in [6, 6.07) is 6.65. The van der Waals surface area contributed by atoms with E-state index in [1.807, 2.05) is 34.6 Å². The third kappa shape index (κ3) is 7.89. The summed E-state index contributed by atoms with van der Waals surface area (Å²) in [4.78, 5) is 38.7. The lowest BCUT2D eigenvalue weighted by molar-refractivity contribution is -0.160. The second kappa shape index (κ2) is 14.4. The minimum atomic E-state index is -1.14. The van der Waals surface area contributed by atoms with E-state index in [1.165, 1.54) is 11.1 Å². The minimum Gasteiger partial charge on any atom is -0.479 e. The molecule has 2 fully saturated rings. The van der Waals surface area contributed by atoms with Gasteiger partial charge >= 0.3 is 5.97 Å². The number of fused-ring (bicyclic) bond motifs is 1. The lowest BCUT2D eigenvalue weighted by Gasteiger charge is -2.41. The van der Waals surface area contributed by atoms with Crippen LogP contribution in [0.25, 0.3) is 11.1 Å². The first-order valence-electron chi connectivity index (χ1n) is 18.3. The fraction of sp³-hybridized carbons (Fsp3) is 0.615. The minimum absolute atomic E-state index is 0.232. The maximum Gasteiger partial charge on any atom is 0.337 e. The average molecular weight is 686 g/mol.